The molecule has 0 bridgehead atoms. The van der Waals surface area contributed by atoms with E-state index in [0.717, 1.165) is 12.8 Å². The molecule has 6 nitrogen and oxygen atoms in total. The first kappa shape index (κ1) is 18.0. The molecule has 3 atom stereocenters. The predicted molar refractivity (Wildman–Crippen MR) is 87.3 cm³/mol. The van der Waals surface area contributed by atoms with E-state index in [4.69, 9.17) is 4.74 Å². The van der Waals surface area contributed by atoms with Crippen LogP contribution in [0.5, 0.6) is 0 Å². The lowest BCUT2D eigenvalue weighted by molar-refractivity contribution is -0.141. The lowest BCUT2D eigenvalue weighted by Crippen LogP contribution is -2.73. The van der Waals surface area contributed by atoms with E-state index in [0.29, 0.717) is 31.0 Å². The molecule has 2 rings (SSSR count). The number of rotatable bonds is 4. The van der Waals surface area contributed by atoms with Crippen LogP contribution in [-0.4, -0.2) is 52.3 Å². The zero-order chi connectivity index (χ0) is 17.4. The van der Waals surface area contributed by atoms with Gasteiger partial charge < -0.3 is 20.1 Å². The summed E-state index contributed by atoms with van der Waals surface area (Å²) in [6, 6.07) is 0.324. The second-order valence-corrected chi connectivity index (χ2v) is 8.35. The third-order valence-electron chi connectivity index (χ3n) is 5.09. The lowest BCUT2D eigenvalue weighted by Gasteiger charge is -2.51. The Labute approximate surface area is 138 Å². The van der Waals surface area contributed by atoms with Crippen molar-refractivity contribution in [1.29, 1.82) is 0 Å². The van der Waals surface area contributed by atoms with Crippen LogP contribution in [0.25, 0.3) is 0 Å². The highest BCUT2D eigenvalue weighted by Gasteiger charge is 2.50. The molecular weight excluding hydrogens is 296 g/mol. The smallest absolute Gasteiger partial charge is 0.410 e. The van der Waals surface area contributed by atoms with Gasteiger partial charge in [-0.2, -0.15) is 0 Å². The standard InChI is InChI=1S/C17H30N2O4/c1-11-6-7-13(12(11)2)18-17(8-14(20)21)9-19(10-17)15(22)23-16(3,4)5/h11-13,18H,6-10H2,1-5H3,(H,20,21). The van der Waals surface area contributed by atoms with Crippen LogP contribution in [0.2, 0.25) is 0 Å². The summed E-state index contributed by atoms with van der Waals surface area (Å²) in [4.78, 5) is 24.9. The first-order valence-electron chi connectivity index (χ1n) is 8.49. The van der Waals surface area contributed by atoms with Crippen molar-refractivity contribution in [2.45, 2.75) is 71.1 Å². The van der Waals surface area contributed by atoms with Gasteiger partial charge in [0, 0.05) is 19.1 Å². The van der Waals surface area contributed by atoms with E-state index in [-0.39, 0.29) is 12.5 Å². The van der Waals surface area contributed by atoms with Crippen molar-refractivity contribution in [2.75, 3.05) is 13.1 Å². The fraction of sp³-hybridized carbons (Fsp3) is 0.882. The third-order valence-corrected chi connectivity index (χ3v) is 5.09. The highest BCUT2D eigenvalue weighted by Crippen LogP contribution is 2.35. The Morgan fingerprint density at radius 1 is 1.26 bits per heavy atom. The number of carbonyl (C=O) groups excluding carboxylic acids is 1. The Kier molecular flexibility index (Phi) is 4.95. The number of hydrogen-bond donors (Lipinski definition) is 2. The predicted octanol–water partition coefficient (Wildman–Crippen LogP) is 2.47. The highest BCUT2D eigenvalue weighted by atomic mass is 16.6. The molecule has 1 aliphatic carbocycles. The van der Waals surface area contributed by atoms with Gasteiger partial charge in [0.25, 0.3) is 0 Å². The van der Waals surface area contributed by atoms with Crippen LogP contribution in [0.1, 0.15) is 53.9 Å². The summed E-state index contributed by atoms with van der Waals surface area (Å²) in [7, 11) is 0. The number of ether oxygens (including phenoxy) is 1. The molecular formula is C17H30N2O4. The number of hydrogen-bond acceptors (Lipinski definition) is 4. The minimum absolute atomic E-state index is 0.0316. The number of likely N-dealkylation sites (tertiary alicyclic amines) is 1. The van der Waals surface area contributed by atoms with Crippen LogP contribution >= 0.6 is 0 Å². The van der Waals surface area contributed by atoms with E-state index in [1.165, 1.54) is 0 Å². The summed E-state index contributed by atoms with van der Waals surface area (Å²) < 4.78 is 5.36. The van der Waals surface area contributed by atoms with E-state index in [1.54, 1.807) is 4.90 Å². The summed E-state index contributed by atoms with van der Waals surface area (Å²) in [6.07, 6.45) is 1.89. The lowest BCUT2D eigenvalue weighted by atomic mass is 9.84. The number of carboxylic acid groups (broad SMARTS) is 1. The Balaban J connectivity index is 1.98. The van der Waals surface area contributed by atoms with Crippen molar-refractivity contribution in [3.8, 4) is 0 Å². The molecule has 0 aromatic carbocycles. The highest BCUT2D eigenvalue weighted by molar-refractivity contribution is 5.73. The molecule has 0 radical (unpaired) electrons. The quantitative estimate of drug-likeness (QED) is 0.830. The van der Waals surface area contributed by atoms with Gasteiger partial charge in [0.1, 0.15) is 5.60 Å². The fourth-order valence-electron chi connectivity index (χ4n) is 3.65. The van der Waals surface area contributed by atoms with Gasteiger partial charge in [0.2, 0.25) is 0 Å². The van der Waals surface area contributed by atoms with E-state index < -0.39 is 17.1 Å². The van der Waals surface area contributed by atoms with Crippen molar-refractivity contribution >= 4 is 12.1 Å². The average molecular weight is 326 g/mol. The van der Waals surface area contributed by atoms with Gasteiger partial charge in [0.15, 0.2) is 0 Å². The molecule has 1 saturated heterocycles. The molecule has 0 spiro atoms. The maximum atomic E-state index is 12.1. The Bertz CT molecular complexity index is 466. The number of carboxylic acids is 1. The normalized spacial score (nSPS) is 30.0. The molecule has 0 aromatic heterocycles. The zero-order valence-electron chi connectivity index (χ0n) is 14.9. The second-order valence-electron chi connectivity index (χ2n) is 8.35. The van der Waals surface area contributed by atoms with Gasteiger partial charge in [-0.15, -0.1) is 0 Å². The van der Waals surface area contributed by atoms with Crippen molar-refractivity contribution in [1.82, 2.24) is 10.2 Å². The monoisotopic (exact) mass is 326 g/mol. The molecule has 1 heterocycles. The Morgan fingerprint density at radius 3 is 2.30 bits per heavy atom. The summed E-state index contributed by atoms with van der Waals surface area (Å²) in [5.74, 6) is 0.340. The van der Waals surface area contributed by atoms with Gasteiger partial charge in [-0.1, -0.05) is 13.8 Å². The largest absolute Gasteiger partial charge is 0.481 e. The summed E-state index contributed by atoms with van der Waals surface area (Å²) in [5, 5.41) is 12.8. The molecule has 23 heavy (non-hydrogen) atoms. The van der Waals surface area contributed by atoms with E-state index >= 15 is 0 Å². The first-order valence-corrected chi connectivity index (χ1v) is 8.49. The van der Waals surface area contributed by atoms with Gasteiger partial charge in [-0.3, -0.25) is 4.79 Å². The zero-order valence-corrected chi connectivity index (χ0v) is 14.9. The molecule has 6 heteroatoms. The third kappa shape index (κ3) is 4.37. The summed E-state index contributed by atoms with van der Waals surface area (Å²) in [5.41, 5.74) is -1.06. The SMILES string of the molecule is CC1CCC(NC2(CC(=O)O)CN(C(=O)OC(C)(C)C)C2)C1C. The second kappa shape index (κ2) is 6.30. The van der Waals surface area contributed by atoms with E-state index in [2.05, 4.69) is 19.2 Å². The summed E-state index contributed by atoms with van der Waals surface area (Å²) in [6.45, 7) is 10.7. The average Bonchev–Trinajstić information content (AvgIpc) is 2.64. The number of aliphatic carboxylic acids is 1. The number of nitrogens with zero attached hydrogens (tertiary/aromatic N) is 1. The van der Waals surface area contributed by atoms with Crippen LogP contribution in [0.4, 0.5) is 4.79 Å². The van der Waals surface area contributed by atoms with Crippen LogP contribution in [0.15, 0.2) is 0 Å². The summed E-state index contributed by atoms with van der Waals surface area (Å²) >= 11 is 0. The molecule has 132 valence electrons. The van der Waals surface area contributed by atoms with E-state index in [1.807, 2.05) is 20.8 Å². The van der Waals surface area contributed by atoms with Crippen molar-refractivity contribution < 1.29 is 19.4 Å². The molecule has 1 amide bonds. The van der Waals surface area contributed by atoms with Crippen molar-refractivity contribution in [3.63, 3.8) is 0 Å². The van der Waals surface area contributed by atoms with Gasteiger partial charge in [-0.25, -0.2) is 4.79 Å². The minimum atomic E-state index is -0.833. The van der Waals surface area contributed by atoms with Crippen LogP contribution in [0, 0.1) is 11.8 Å². The minimum Gasteiger partial charge on any atom is -0.481 e. The van der Waals surface area contributed by atoms with Crippen molar-refractivity contribution in [2.24, 2.45) is 11.8 Å². The van der Waals surface area contributed by atoms with Crippen LogP contribution in [0.3, 0.4) is 0 Å². The maximum Gasteiger partial charge on any atom is 0.410 e. The van der Waals surface area contributed by atoms with Gasteiger partial charge in [-0.05, 0) is 45.4 Å². The Morgan fingerprint density at radius 2 is 1.87 bits per heavy atom. The Hall–Kier alpha value is -1.30. The fourth-order valence-corrected chi connectivity index (χ4v) is 3.65. The number of carbonyl (C=O) groups is 2. The first-order chi connectivity index (χ1) is 10.5. The molecule has 1 aliphatic heterocycles. The molecule has 2 N–H and O–H groups in total. The topological polar surface area (TPSA) is 78.9 Å². The number of amides is 1. The van der Waals surface area contributed by atoms with E-state index in [9.17, 15) is 14.7 Å². The molecule has 3 unspecified atom stereocenters. The van der Waals surface area contributed by atoms with Crippen LogP contribution < -0.4 is 5.32 Å². The van der Waals surface area contributed by atoms with Gasteiger partial charge >= 0.3 is 12.1 Å². The molecule has 1 saturated carbocycles. The van der Waals surface area contributed by atoms with Crippen molar-refractivity contribution in [3.05, 3.63) is 0 Å². The molecule has 0 aromatic rings. The molecule has 2 aliphatic rings. The maximum absolute atomic E-state index is 12.1. The van der Waals surface area contributed by atoms with Gasteiger partial charge in [0.05, 0.1) is 12.0 Å². The number of nitrogens with one attached hydrogen (secondary N) is 1. The van der Waals surface area contributed by atoms with Crippen LogP contribution in [-0.2, 0) is 9.53 Å². The molecule has 2 fully saturated rings.